The molecule has 1 aliphatic rings. The Balaban J connectivity index is 2.09. The molecule has 0 saturated carbocycles. The van der Waals surface area contributed by atoms with Crippen LogP contribution in [0.1, 0.15) is 12.5 Å². The lowest BCUT2D eigenvalue weighted by molar-refractivity contribution is -0.254. The molecule has 1 aromatic rings. The minimum absolute atomic E-state index is 0.202. The molecule has 1 aromatic carbocycles. The Morgan fingerprint density at radius 2 is 1.81 bits per heavy atom. The second-order valence-electron chi connectivity index (χ2n) is 6.21. The maximum Gasteiger partial charge on any atom is 0.243 e. The van der Waals surface area contributed by atoms with E-state index in [1.54, 1.807) is 24.3 Å². The van der Waals surface area contributed by atoms with Gasteiger partial charge in [0.2, 0.25) is 11.8 Å². The summed E-state index contributed by atoms with van der Waals surface area (Å²) in [5.41, 5.74) is 0.808. The highest BCUT2D eigenvalue weighted by atomic mass is 16.6. The number of amides is 2. The number of hydrogen-bond donors (Lipinski definition) is 6. The number of rotatable bonds is 6. The van der Waals surface area contributed by atoms with E-state index in [2.05, 4.69) is 10.6 Å². The molecule has 9 nitrogen and oxygen atoms in total. The molecule has 0 aliphatic carbocycles. The number of aliphatic hydroxyl groups excluding tert-OH is 4. The van der Waals surface area contributed by atoms with Crippen LogP contribution < -0.4 is 10.6 Å². The van der Waals surface area contributed by atoms with Crippen molar-refractivity contribution in [3.8, 4) is 0 Å². The first-order valence-corrected chi connectivity index (χ1v) is 8.25. The van der Waals surface area contributed by atoms with E-state index in [4.69, 9.17) is 9.84 Å². The number of carbonyl (C=O) groups is 2. The van der Waals surface area contributed by atoms with Crippen molar-refractivity contribution in [1.82, 2.24) is 10.6 Å². The molecular weight excluding hydrogens is 344 g/mol. The van der Waals surface area contributed by atoms with Gasteiger partial charge in [-0.2, -0.15) is 0 Å². The van der Waals surface area contributed by atoms with Crippen molar-refractivity contribution in [2.45, 2.75) is 50.0 Å². The summed E-state index contributed by atoms with van der Waals surface area (Å²) in [6.07, 6.45) is -5.61. The number of nitrogens with one attached hydrogen (secondary N) is 2. The summed E-state index contributed by atoms with van der Waals surface area (Å²) in [5, 5.41) is 43.9. The van der Waals surface area contributed by atoms with Gasteiger partial charge in [-0.3, -0.25) is 9.59 Å². The quantitative estimate of drug-likeness (QED) is 0.329. The minimum Gasteiger partial charge on any atom is -0.394 e. The van der Waals surface area contributed by atoms with Gasteiger partial charge in [0, 0.05) is 13.3 Å². The van der Waals surface area contributed by atoms with E-state index in [1.807, 2.05) is 6.07 Å². The Hall–Kier alpha value is -2.04. The van der Waals surface area contributed by atoms with Crippen molar-refractivity contribution < 1.29 is 34.8 Å². The average molecular weight is 368 g/mol. The maximum atomic E-state index is 12.6. The minimum atomic E-state index is -1.62. The predicted octanol–water partition coefficient (Wildman–Crippen LogP) is -2.35. The molecule has 0 aromatic heterocycles. The van der Waals surface area contributed by atoms with E-state index in [1.165, 1.54) is 6.92 Å². The summed E-state index contributed by atoms with van der Waals surface area (Å²) in [7, 11) is 0. The van der Waals surface area contributed by atoms with Crippen molar-refractivity contribution >= 4 is 11.8 Å². The van der Waals surface area contributed by atoms with E-state index in [-0.39, 0.29) is 6.42 Å². The van der Waals surface area contributed by atoms with Crippen molar-refractivity contribution in [2.24, 2.45) is 0 Å². The van der Waals surface area contributed by atoms with Crippen molar-refractivity contribution in [3.05, 3.63) is 35.9 Å². The Morgan fingerprint density at radius 1 is 1.15 bits per heavy atom. The lowest BCUT2D eigenvalue weighted by Crippen LogP contribution is -2.65. The van der Waals surface area contributed by atoms with Gasteiger partial charge in [-0.05, 0) is 5.56 Å². The lowest BCUT2D eigenvalue weighted by atomic mass is 9.96. The van der Waals surface area contributed by atoms with Gasteiger partial charge in [0.25, 0.3) is 0 Å². The third-order valence-corrected chi connectivity index (χ3v) is 4.19. The van der Waals surface area contributed by atoms with Gasteiger partial charge in [-0.1, -0.05) is 30.3 Å². The zero-order chi connectivity index (χ0) is 19.3. The van der Waals surface area contributed by atoms with E-state index in [0.29, 0.717) is 0 Å². The molecular formula is C17H24N2O7. The van der Waals surface area contributed by atoms with Crippen LogP contribution in [0.4, 0.5) is 0 Å². The summed E-state index contributed by atoms with van der Waals surface area (Å²) in [6, 6.07) is 6.75. The Kier molecular flexibility index (Phi) is 7.06. The first-order chi connectivity index (χ1) is 12.3. The highest BCUT2D eigenvalue weighted by Crippen LogP contribution is 2.20. The van der Waals surface area contributed by atoms with Crippen LogP contribution in [0, 0.1) is 0 Å². The number of benzene rings is 1. The predicted molar refractivity (Wildman–Crippen MR) is 89.7 cm³/mol. The Labute approximate surface area is 150 Å². The van der Waals surface area contributed by atoms with Crippen molar-refractivity contribution in [3.63, 3.8) is 0 Å². The SMILES string of the molecule is CC(=O)N[C@@H](Cc1ccccc1)C(=O)N[C@@H]1[C@@H](O)[C@H](O)[C@@H](CO)O[C@H]1O. The molecule has 1 fully saturated rings. The molecule has 1 aliphatic heterocycles. The smallest absolute Gasteiger partial charge is 0.243 e. The highest BCUT2D eigenvalue weighted by molar-refractivity contribution is 5.87. The van der Waals surface area contributed by atoms with Crippen molar-refractivity contribution in [2.75, 3.05) is 6.61 Å². The van der Waals surface area contributed by atoms with Gasteiger partial charge in [0.1, 0.15) is 30.4 Å². The largest absolute Gasteiger partial charge is 0.394 e. The van der Waals surface area contributed by atoms with Crippen LogP contribution in [-0.2, 0) is 20.7 Å². The number of aliphatic hydroxyl groups is 4. The molecule has 1 saturated heterocycles. The molecule has 2 amide bonds. The van der Waals surface area contributed by atoms with E-state index < -0.39 is 55.1 Å². The maximum absolute atomic E-state index is 12.6. The fourth-order valence-electron chi connectivity index (χ4n) is 2.82. The van der Waals surface area contributed by atoms with Crippen LogP contribution in [-0.4, -0.2) is 75.5 Å². The van der Waals surface area contributed by atoms with E-state index in [0.717, 1.165) is 5.56 Å². The third-order valence-electron chi connectivity index (χ3n) is 4.19. The summed E-state index contributed by atoms with van der Waals surface area (Å²) < 4.78 is 5.00. The highest BCUT2D eigenvalue weighted by Gasteiger charge is 2.44. The van der Waals surface area contributed by atoms with Gasteiger partial charge in [-0.15, -0.1) is 0 Å². The Bertz CT molecular complexity index is 612. The number of carbonyl (C=O) groups excluding carboxylic acids is 2. The summed E-state index contributed by atoms with van der Waals surface area (Å²) >= 11 is 0. The van der Waals surface area contributed by atoms with Crippen LogP contribution in [0.5, 0.6) is 0 Å². The molecule has 144 valence electrons. The molecule has 26 heavy (non-hydrogen) atoms. The zero-order valence-corrected chi connectivity index (χ0v) is 14.3. The molecule has 0 spiro atoms. The fraction of sp³-hybridized carbons (Fsp3) is 0.529. The van der Waals surface area contributed by atoms with Gasteiger partial charge >= 0.3 is 0 Å². The van der Waals surface area contributed by atoms with Crippen LogP contribution in [0.3, 0.4) is 0 Å². The van der Waals surface area contributed by atoms with Gasteiger partial charge in [0.05, 0.1) is 6.61 Å². The normalized spacial score (nSPS) is 29.7. The molecule has 6 N–H and O–H groups in total. The van der Waals surface area contributed by atoms with Crippen LogP contribution in [0.2, 0.25) is 0 Å². The second-order valence-corrected chi connectivity index (χ2v) is 6.21. The topological polar surface area (TPSA) is 148 Å². The van der Waals surface area contributed by atoms with Crippen molar-refractivity contribution in [1.29, 1.82) is 0 Å². The fourth-order valence-corrected chi connectivity index (χ4v) is 2.82. The first kappa shape index (κ1) is 20.3. The molecule has 0 bridgehead atoms. The molecule has 0 radical (unpaired) electrons. The monoisotopic (exact) mass is 368 g/mol. The van der Waals surface area contributed by atoms with Crippen LogP contribution >= 0.6 is 0 Å². The zero-order valence-electron chi connectivity index (χ0n) is 14.3. The van der Waals surface area contributed by atoms with Crippen LogP contribution in [0.25, 0.3) is 0 Å². The van der Waals surface area contributed by atoms with Crippen LogP contribution in [0.15, 0.2) is 30.3 Å². The number of hydrogen-bond acceptors (Lipinski definition) is 7. The van der Waals surface area contributed by atoms with Gasteiger partial charge in [0.15, 0.2) is 6.29 Å². The summed E-state index contributed by atoms with van der Waals surface area (Å²) in [6.45, 7) is 0.673. The molecule has 0 unspecified atom stereocenters. The lowest BCUT2D eigenvalue weighted by Gasteiger charge is -2.40. The van der Waals surface area contributed by atoms with Gasteiger partial charge < -0.3 is 35.8 Å². The molecule has 2 rings (SSSR count). The standard InChI is InChI=1S/C17H24N2O7/c1-9(21)18-11(7-10-5-3-2-4-6-10)16(24)19-13-15(23)14(22)12(8-20)26-17(13)25/h2-6,11-15,17,20,22-23,25H,7-8H2,1H3,(H,18,21)(H,19,24)/t11-,12+,13+,14+,15+,17+/m0/s1. The Morgan fingerprint density at radius 3 is 2.38 bits per heavy atom. The number of ether oxygens (including phenoxy) is 1. The summed E-state index contributed by atoms with van der Waals surface area (Å²) in [5.74, 6) is -1.06. The summed E-state index contributed by atoms with van der Waals surface area (Å²) in [4.78, 5) is 24.0. The average Bonchev–Trinajstić information content (AvgIpc) is 2.61. The molecule has 9 heteroatoms. The molecule has 6 atom stereocenters. The van der Waals surface area contributed by atoms with Gasteiger partial charge in [-0.25, -0.2) is 0 Å². The first-order valence-electron chi connectivity index (χ1n) is 8.25. The second kappa shape index (κ2) is 9.06. The molecule has 1 heterocycles. The third kappa shape index (κ3) is 4.99. The van der Waals surface area contributed by atoms with E-state index >= 15 is 0 Å². The van der Waals surface area contributed by atoms with E-state index in [9.17, 15) is 24.9 Å².